The van der Waals surface area contributed by atoms with Crippen molar-refractivity contribution < 1.29 is 21.9 Å². The van der Waals surface area contributed by atoms with Crippen LogP contribution in [0, 0.1) is 11.6 Å². The number of nitrogens with zero attached hydrogens (tertiary/aromatic N) is 4. The van der Waals surface area contributed by atoms with Crippen molar-refractivity contribution in [1.82, 2.24) is 14.5 Å². The number of anilines is 1. The molecular formula is C16H18F2N4O3S. The van der Waals surface area contributed by atoms with Crippen LogP contribution in [-0.2, 0) is 10.0 Å². The van der Waals surface area contributed by atoms with Crippen molar-refractivity contribution >= 4 is 15.8 Å². The van der Waals surface area contributed by atoms with Crippen molar-refractivity contribution in [2.45, 2.75) is 17.4 Å². The second-order valence-corrected chi connectivity index (χ2v) is 7.94. The van der Waals surface area contributed by atoms with E-state index in [-0.39, 0.29) is 19.0 Å². The Morgan fingerprint density at radius 3 is 2.42 bits per heavy atom. The van der Waals surface area contributed by atoms with Crippen molar-refractivity contribution in [2.75, 3.05) is 32.1 Å². The van der Waals surface area contributed by atoms with E-state index in [1.165, 1.54) is 0 Å². The van der Waals surface area contributed by atoms with Crippen LogP contribution in [0.2, 0.25) is 0 Å². The highest BCUT2D eigenvalue weighted by Gasteiger charge is 2.37. The van der Waals surface area contributed by atoms with Gasteiger partial charge < -0.3 is 9.64 Å². The first kappa shape index (κ1) is 18.5. The number of halogens is 2. The molecule has 140 valence electrons. The highest BCUT2D eigenvalue weighted by molar-refractivity contribution is 7.89. The van der Waals surface area contributed by atoms with Gasteiger partial charge in [-0.1, -0.05) is 6.07 Å². The summed E-state index contributed by atoms with van der Waals surface area (Å²) in [5, 5.41) is 7.91. The van der Waals surface area contributed by atoms with Crippen LogP contribution in [0.15, 0.2) is 35.2 Å². The fourth-order valence-corrected chi connectivity index (χ4v) is 4.25. The van der Waals surface area contributed by atoms with Crippen LogP contribution >= 0.6 is 0 Å². The molecule has 1 aromatic carbocycles. The predicted octanol–water partition coefficient (Wildman–Crippen LogP) is 1.66. The molecule has 0 radical (unpaired) electrons. The van der Waals surface area contributed by atoms with Gasteiger partial charge in [0.05, 0.1) is 6.54 Å². The minimum Gasteiger partial charge on any atom is -0.472 e. The molecule has 0 N–H and O–H groups in total. The van der Waals surface area contributed by atoms with Crippen LogP contribution in [0.4, 0.5) is 14.6 Å². The Labute approximate surface area is 150 Å². The number of hydrogen-bond donors (Lipinski definition) is 0. The maximum absolute atomic E-state index is 13.8. The summed E-state index contributed by atoms with van der Waals surface area (Å²) in [5.41, 5.74) is 0. The molecule has 2 aromatic rings. The highest BCUT2D eigenvalue weighted by Crippen LogP contribution is 2.27. The summed E-state index contributed by atoms with van der Waals surface area (Å²) in [7, 11) is -0.632. The number of hydrogen-bond acceptors (Lipinski definition) is 6. The Morgan fingerprint density at radius 1 is 1.15 bits per heavy atom. The van der Waals surface area contributed by atoms with Gasteiger partial charge in [0.1, 0.15) is 17.7 Å². The smallest absolute Gasteiger partial charge is 0.249 e. The number of rotatable bonds is 5. The summed E-state index contributed by atoms with van der Waals surface area (Å²) >= 11 is 0. The van der Waals surface area contributed by atoms with E-state index in [1.807, 2.05) is 14.1 Å². The van der Waals surface area contributed by atoms with E-state index in [4.69, 9.17) is 4.74 Å². The minimum absolute atomic E-state index is 0.0206. The third kappa shape index (κ3) is 3.61. The molecule has 1 atom stereocenters. The highest BCUT2D eigenvalue weighted by atomic mass is 32.2. The maximum atomic E-state index is 13.8. The molecule has 1 aliphatic rings. The molecule has 0 saturated carbocycles. The minimum atomic E-state index is -4.28. The zero-order valence-electron chi connectivity index (χ0n) is 14.3. The lowest BCUT2D eigenvalue weighted by atomic mass is 10.3. The van der Waals surface area contributed by atoms with E-state index < -0.39 is 32.7 Å². The van der Waals surface area contributed by atoms with Gasteiger partial charge in [-0.25, -0.2) is 17.2 Å². The molecule has 3 rings (SSSR count). The third-order valence-corrected chi connectivity index (χ3v) is 5.91. The van der Waals surface area contributed by atoms with Crippen molar-refractivity contribution in [3.8, 4) is 5.88 Å². The van der Waals surface area contributed by atoms with Crippen LogP contribution in [-0.4, -0.2) is 56.2 Å². The molecule has 7 nitrogen and oxygen atoms in total. The molecule has 26 heavy (non-hydrogen) atoms. The van der Waals surface area contributed by atoms with Crippen LogP contribution in [0.1, 0.15) is 6.42 Å². The molecule has 0 spiro atoms. The summed E-state index contributed by atoms with van der Waals surface area (Å²) in [4.78, 5) is 0.847. The molecule has 1 fully saturated rings. The van der Waals surface area contributed by atoms with Crippen molar-refractivity contribution in [3.63, 3.8) is 0 Å². The monoisotopic (exact) mass is 384 g/mol. The molecular weight excluding hydrogens is 366 g/mol. The van der Waals surface area contributed by atoms with Gasteiger partial charge in [0, 0.05) is 26.7 Å². The Bertz CT molecular complexity index is 871. The fourth-order valence-electron chi connectivity index (χ4n) is 2.66. The number of sulfonamides is 1. The van der Waals surface area contributed by atoms with Crippen LogP contribution in [0.5, 0.6) is 5.88 Å². The van der Waals surface area contributed by atoms with Gasteiger partial charge in [-0.2, -0.15) is 4.31 Å². The van der Waals surface area contributed by atoms with E-state index in [2.05, 4.69) is 10.2 Å². The van der Waals surface area contributed by atoms with Crippen LogP contribution in [0.3, 0.4) is 0 Å². The lowest BCUT2D eigenvalue weighted by Gasteiger charge is -2.18. The summed E-state index contributed by atoms with van der Waals surface area (Å²) in [5.74, 6) is -1.31. The van der Waals surface area contributed by atoms with E-state index in [9.17, 15) is 17.2 Å². The first-order valence-electron chi connectivity index (χ1n) is 7.91. The molecule has 2 heterocycles. The van der Waals surface area contributed by atoms with Gasteiger partial charge >= 0.3 is 0 Å². The van der Waals surface area contributed by atoms with Gasteiger partial charge in [0.15, 0.2) is 10.7 Å². The summed E-state index contributed by atoms with van der Waals surface area (Å²) < 4.78 is 59.5. The lowest BCUT2D eigenvalue weighted by Crippen LogP contribution is -2.32. The second-order valence-electron chi connectivity index (χ2n) is 6.07. The normalized spacial score (nSPS) is 18.1. The average molecular weight is 384 g/mol. The molecule has 1 aliphatic heterocycles. The first-order valence-corrected chi connectivity index (χ1v) is 9.35. The van der Waals surface area contributed by atoms with Crippen molar-refractivity contribution in [2.24, 2.45) is 0 Å². The van der Waals surface area contributed by atoms with Gasteiger partial charge in [-0.05, 0) is 24.6 Å². The van der Waals surface area contributed by atoms with E-state index >= 15 is 0 Å². The second kappa shape index (κ2) is 7.12. The van der Waals surface area contributed by atoms with E-state index in [0.717, 1.165) is 22.5 Å². The van der Waals surface area contributed by atoms with Crippen LogP contribution < -0.4 is 9.64 Å². The average Bonchev–Trinajstić information content (AvgIpc) is 3.04. The summed E-state index contributed by atoms with van der Waals surface area (Å²) in [6.07, 6.45) is -0.0917. The summed E-state index contributed by atoms with van der Waals surface area (Å²) in [6.45, 7) is 0.0806. The topological polar surface area (TPSA) is 75.6 Å². The largest absolute Gasteiger partial charge is 0.472 e. The summed E-state index contributed by atoms with van der Waals surface area (Å²) in [6, 6.07) is 6.32. The van der Waals surface area contributed by atoms with Gasteiger partial charge in [0.2, 0.25) is 15.9 Å². The first-order chi connectivity index (χ1) is 12.3. The zero-order valence-corrected chi connectivity index (χ0v) is 15.1. The third-order valence-electron chi connectivity index (χ3n) is 4.00. The Hall–Kier alpha value is -2.33. The van der Waals surface area contributed by atoms with Crippen molar-refractivity contribution in [1.29, 1.82) is 0 Å². The Kier molecular flexibility index (Phi) is 5.05. The predicted molar refractivity (Wildman–Crippen MR) is 90.5 cm³/mol. The quantitative estimate of drug-likeness (QED) is 0.781. The maximum Gasteiger partial charge on any atom is 0.249 e. The van der Waals surface area contributed by atoms with Crippen molar-refractivity contribution in [3.05, 3.63) is 42.0 Å². The molecule has 0 amide bonds. The Balaban J connectivity index is 1.72. The number of aromatic nitrogens is 2. The van der Waals surface area contributed by atoms with Crippen LogP contribution in [0.25, 0.3) is 0 Å². The van der Waals surface area contributed by atoms with Gasteiger partial charge in [-0.3, -0.25) is 0 Å². The van der Waals surface area contributed by atoms with Gasteiger partial charge in [-0.15, -0.1) is 10.2 Å². The van der Waals surface area contributed by atoms with E-state index in [0.29, 0.717) is 12.2 Å². The zero-order chi connectivity index (χ0) is 18.9. The molecule has 0 aliphatic carbocycles. The molecule has 10 heteroatoms. The lowest BCUT2D eigenvalue weighted by molar-refractivity contribution is 0.204. The molecule has 1 saturated heterocycles. The van der Waals surface area contributed by atoms with Gasteiger partial charge in [0.25, 0.3) is 0 Å². The fraction of sp³-hybridized carbons (Fsp3) is 0.375. The standard InChI is InChI=1S/C16H18F2N4O3S/c1-21(2)14-6-7-15(20-19-14)25-11-8-9-22(10-11)26(23,24)16-12(17)4-3-5-13(16)18/h3-7,11H,8-10H2,1-2H3. The molecule has 0 bridgehead atoms. The molecule has 1 aromatic heterocycles. The Morgan fingerprint density at radius 2 is 1.85 bits per heavy atom. The van der Waals surface area contributed by atoms with E-state index in [1.54, 1.807) is 17.0 Å². The number of benzene rings is 1. The number of ether oxygens (including phenoxy) is 1. The molecule has 1 unspecified atom stereocenters. The SMILES string of the molecule is CN(C)c1ccc(OC2CCN(S(=O)(=O)c3c(F)cccc3F)C2)nn1.